The van der Waals surface area contributed by atoms with Crippen molar-refractivity contribution in [3.8, 4) is 5.69 Å². The highest BCUT2D eigenvalue weighted by molar-refractivity contribution is 5.42. The van der Waals surface area contributed by atoms with Gasteiger partial charge in [-0.05, 0) is 24.6 Å². The van der Waals surface area contributed by atoms with E-state index in [0.717, 1.165) is 12.1 Å². The topological polar surface area (TPSA) is 43.8 Å². The van der Waals surface area contributed by atoms with Gasteiger partial charge in [0.1, 0.15) is 11.6 Å². The van der Waals surface area contributed by atoms with Gasteiger partial charge < -0.3 is 5.73 Å². The predicted octanol–water partition coefficient (Wildman–Crippen LogP) is 2.16. The van der Waals surface area contributed by atoms with Crippen molar-refractivity contribution < 1.29 is 4.39 Å². The van der Waals surface area contributed by atoms with Crippen LogP contribution in [0.2, 0.25) is 0 Å². The van der Waals surface area contributed by atoms with Crippen molar-refractivity contribution in [3.63, 3.8) is 0 Å². The van der Waals surface area contributed by atoms with Gasteiger partial charge in [-0.3, -0.25) is 0 Å². The predicted molar refractivity (Wildman–Crippen MR) is 57.3 cm³/mol. The molecule has 3 nitrogen and oxygen atoms in total. The Morgan fingerprint density at radius 3 is 2.80 bits per heavy atom. The zero-order valence-electron chi connectivity index (χ0n) is 8.44. The molecule has 0 saturated carbocycles. The largest absolute Gasteiger partial charge is 0.384 e. The molecule has 1 aromatic heterocycles. The van der Waals surface area contributed by atoms with Crippen LogP contribution in [0.5, 0.6) is 0 Å². The van der Waals surface area contributed by atoms with Gasteiger partial charge in [-0.1, -0.05) is 13.0 Å². The number of nitrogens with two attached hydrogens (primary N) is 1. The van der Waals surface area contributed by atoms with E-state index in [1.807, 2.05) is 6.92 Å². The molecule has 2 rings (SSSR count). The minimum atomic E-state index is -0.291. The average molecular weight is 205 g/mol. The van der Waals surface area contributed by atoms with Gasteiger partial charge >= 0.3 is 0 Å². The number of aryl methyl sites for hydroxylation is 1. The molecule has 0 aliphatic rings. The first kappa shape index (κ1) is 9.71. The van der Waals surface area contributed by atoms with Crippen LogP contribution in [0.1, 0.15) is 12.6 Å². The summed E-state index contributed by atoms with van der Waals surface area (Å²) >= 11 is 0. The highest BCUT2D eigenvalue weighted by atomic mass is 19.1. The molecule has 1 aromatic carbocycles. The molecule has 0 aliphatic heterocycles. The zero-order chi connectivity index (χ0) is 10.8. The molecule has 0 spiro atoms. The van der Waals surface area contributed by atoms with E-state index < -0.39 is 0 Å². The van der Waals surface area contributed by atoms with Crippen molar-refractivity contribution in [3.05, 3.63) is 41.8 Å². The Morgan fingerprint density at radius 1 is 1.40 bits per heavy atom. The lowest BCUT2D eigenvalue weighted by Gasteiger charge is -2.03. The number of benzene rings is 1. The first-order valence-corrected chi connectivity index (χ1v) is 4.81. The Morgan fingerprint density at radius 2 is 2.20 bits per heavy atom. The van der Waals surface area contributed by atoms with Crippen molar-refractivity contribution >= 4 is 5.82 Å². The Bertz CT molecular complexity index is 476. The number of aromatic nitrogens is 2. The monoisotopic (exact) mass is 205 g/mol. The van der Waals surface area contributed by atoms with Crippen LogP contribution < -0.4 is 5.73 Å². The Kier molecular flexibility index (Phi) is 2.41. The Hall–Kier alpha value is -1.84. The van der Waals surface area contributed by atoms with E-state index in [1.165, 1.54) is 12.1 Å². The fraction of sp³-hybridized carbons (Fsp3) is 0.182. The van der Waals surface area contributed by atoms with Crippen molar-refractivity contribution in [1.29, 1.82) is 0 Å². The minimum Gasteiger partial charge on any atom is -0.384 e. The van der Waals surface area contributed by atoms with Crippen molar-refractivity contribution in [2.75, 3.05) is 5.73 Å². The number of hydrogen-bond acceptors (Lipinski definition) is 2. The fourth-order valence-corrected chi connectivity index (χ4v) is 1.43. The third-order valence-corrected chi connectivity index (χ3v) is 2.20. The van der Waals surface area contributed by atoms with Crippen LogP contribution in [0.3, 0.4) is 0 Å². The number of anilines is 1. The summed E-state index contributed by atoms with van der Waals surface area (Å²) in [5, 5.41) is 4.26. The molecular formula is C11H12FN3. The molecule has 0 fully saturated rings. The SMILES string of the molecule is CCc1cc(N)n(-c2cccc(F)c2)n1. The molecule has 0 bridgehead atoms. The number of nitrogen functional groups attached to an aromatic ring is 1. The lowest BCUT2D eigenvalue weighted by atomic mass is 10.3. The summed E-state index contributed by atoms with van der Waals surface area (Å²) in [4.78, 5) is 0. The molecule has 15 heavy (non-hydrogen) atoms. The molecule has 2 N–H and O–H groups in total. The molecule has 0 aliphatic carbocycles. The van der Waals surface area contributed by atoms with Crippen molar-refractivity contribution in [1.82, 2.24) is 9.78 Å². The van der Waals surface area contributed by atoms with E-state index in [1.54, 1.807) is 22.9 Å². The normalized spacial score (nSPS) is 10.5. The van der Waals surface area contributed by atoms with Gasteiger partial charge in [-0.25, -0.2) is 9.07 Å². The van der Waals surface area contributed by atoms with Crippen LogP contribution in [-0.4, -0.2) is 9.78 Å². The van der Waals surface area contributed by atoms with E-state index in [-0.39, 0.29) is 5.82 Å². The van der Waals surface area contributed by atoms with Crippen LogP contribution in [0.4, 0.5) is 10.2 Å². The maximum atomic E-state index is 13.0. The third kappa shape index (κ3) is 1.83. The number of hydrogen-bond donors (Lipinski definition) is 1. The van der Waals surface area contributed by atoms with E-state index in [9.17, 15) is 4.39 Å². The van der Waals surface area contributed by atoms with Gasteiger partial charge in [-0.2, -0.15) is 5.10 Å². The number of rotatable bonds is 2. The highest BCUT2D eigenvalue weighted by Crippen LogP contribution is 2.15. The Balaban J connectivity index is 2.48. The summed E-state index contributed by atoms with van der Waals surface area (Å²) in [6.45, 7) is 2.00. The molecule has 78 valence electrons. The summed E-state index contributed by atoms with van der Waals surface area (Å²) in [6.07, 6.45) is 0.812. The highest BCUT2D eigenvalue weighted by Gasteiger charge is 2.05. The molecule has 0 saturated heterocycles. The molecule has 0 unspecified atom stereocenters. The maximum Gasteiger partial charge on any atom is 0.127 e. The second kappa shape index (κ2) is 3.73. The quantitative estimate of drug-likeness (QED) is 0.816. The lowest BCUT2D eigenvalue weighted by Crippen LogP contribution is -2.02. The average Bonchev–Trinajstić information content (AvgIpc) is 2.60. The van der Waals surface area contributed by atoms with Gasteiger partial charge in [0.25, 0.3) is 0 Å². The molecule has 0 amide bonds. The number of nitrogens with zero attached hydrogens (tertiary/aromatic N) is 2. The Labute approximate surface area is 87.3 Å². The van der Waals surface area contributed by atoms with E-state index in [2.05, 4.69) is 5.10 Å². The van der Waals surface area contributed by atoms with Crippen molar-refractivity contribution in [2.24, 2.45) is 0 Å². The van der Waals surface area contributed by atoms with Crippen LogP contribution in [0.25, 0.3) is 5.69 Å². The fourth-order valence-electron chi connectivity index (χ4n) is 1.43. The smallest absolute Gasteiger partial charge is 0.127 e. The maximum absolute atomic E-state index is 13.0. The standard InChI is InChI=1S/C11H12FN3/c1-2-9-7-11(13)15(14-9)10-5-3-4-8(12)6-10/h3-7H,2,13H2,1H3. The van der Waals surface area contributed by atoms with Gasteiger partial charge in [0.2, 0.25) is 0 Å². The first-order valence-electron chi connectivity index (χ1n) is 4.81. The van der Waals surface area contributed by atoms with Gasteiger partial charge in [0.15, 0.2) is 0 Å². The summed E-state index contributed by atoms with van der Waals surface area (Å²) in [5.41, 5.74) is 7.32. The van der Waals surface area contributed by atoms with Gasteiger partial charge in [0.05, 0.1) is 11.4 Å². The summed E-state index contributed by atoms with van der Waals surface area (Å²) in [6, 6.07) is 8.00. The lowest BCUT2D eigenvalue weighted by molar-refractivity contribution is 0.625. The second-order valence-corrected chi connectivity index (χ2v) is 3.31. The van der Waals surface area contributed by atoms with E-state index in [0.29, 0.717) is 11.5 Å². The second-order valence-electron chi connectivity index (χ2n) is 3.31. The van der Waals surface area contributed by atoms with E-state index >= 15 is 0 Å². The van der Waals surface area contributed by atoms with Crippen LogP contribution in [0.15, 0.2) is 30.3 Å². The minimum absolute atomic E-state index is 0.291. The molecule has 0 atom stereocenters. The summed E-state index contributed by atoms with van der Waals surface area (Å²) in [7, 11) is 0. The van der Waals surface area contributed by atoms with E-state index in [4.69, 9.17) is 5.73 Å². The summed E-state index contributed by atoms with van der Waals surface area (Å²) in [5.74, 6) is 0.234. The van der Waals surface area contributed by atoms with Crippen LogP contribution in [0, 0.1) is 5.82 Å². The van der Waals surface area contributed by atoms with Crippen LogP contribution >= 0.6 is 0 Å². The molecule has 0 radical (unpaired) electrons. The van der Waals surface area contributed by atoms with Gasteiger partial charge in [0, 0.05) is 6.07 Å². The molecule has 4 heteroatoms. The van der Waals surface area contributed by atoms with Crippen LogP contribution in [-0.2, 0) is 6.42 Å². The number of halogens is 1. The van der Waals surface area contributed by atoms with Crippen molar-refractivity contribution in [2.45, 2.75) is 13.3 Å². The summed E-state index contributed by atoms with van der Waals surface area (Å²) < 4.78 is 14.5. The third-order valence-electron chi connectivity index (χ3n) is 2.20. The van der Waals surface area contributed by atoms with Gasteiger partial charge in [-0.15, -0.1) is 0 Å². The molecular weight excluding hydrogens is 193 g/mol. The molecule has 1 heterocycles. The molecule has 2 aromatic rings. The first-order chi connectivity index (χ1) is 7.20. The zero-order valence-corrected chi connectivity index (χ0v) is 8.44.